The van der Waals surface area contributed by atoms with E-state index in [1.54, 1.807) is 12.4 Å². The van der Waals surface area contributed by atoms with Crippen LogP contribution in [0, 0.1) is 6.92 Å². The van der Waals surface area contributed by atoms with E-state index in [1.807, 2.05) is 58.6 Å². The van der Waals surface area contributed by atoms with Crippen molar-refractivity contribution >= 4 is 5.65 Å². The van der Waals surface area contributed by atoms with Crippen LogP contribution in [0.5, 0.6) is 0 Å². The maximum absolute atomic E-state index is 9.42. The maximum atomic E-state index is 9.42. The van der Waals surface area contributed by atoms with E-state index >= 15 is 0 Å². The predicted octanol–water partition coefficient (Wildman–Crippen LogP) is 2.38. The molecular formula is C17H15N5O. The number of aliphatic hydroxyl groups excluding tert-OH is 1. The minimum Gasteiger partial charge on any atom is -0.390 e. The summed E-state index contributed by atoms with van der Waals surface area (Å²) < 4.78 is 3.85. The summed E-state index contributed by atoms with van der Waals surface area (Å²) in [5.41, 5.74) is 4.25. The van der Waals surface area contributed by atoms with Crippen molar-refractivity contribution in [1.82, 2.24) is 23.9 Å². The van der Waals surface area contributed by atoms with Crippen LogP contribution in [0.25, 0.3) is 22.9 Å². The van der Waals surface area contributed by atoms with Crippen LogP contribution in [-0.4, -0.2) is 29.0 Å². The summed E-state index contributed by atoms with van der Waals surface area (Å²) in [4.78, 5) is 13.3. The minimum absolute atomic E-state index is 0.0547. The van der Waals surface area contributed by atoms with Crippen LogP contribution < -0.4 is 0 Å². The highest BCUT2D eigenvalue weighted by molar-refractivity contribution is 5.55. The second-order valence-electron chi connectivity index (χ2n) is 5.31. The fourth-order valence-electron chi connectivity index (χ4n) is 2.65. The average Bonchev–Trinajstić information content (AvgIpc) is 3.21. The van der Waals surface area contributed by atoms with Crippen LogP contribution in [0.3, 0.4) is 0 Å². The predicted molar refractivity (Wildman–Crippen MR) is 86.2 cm³/mol. The zero-order valence-corrected chi connectivity index (χ0v) is 12.6. The van der Waals surface area contributed by atoms with Crippen LogP contribution in [0.15, 0.2) is 55.1 Å². The molecule has 23 heavy (non-hydrogen) atoms. The Morgan fingerprint density at radius 1 is 1.13 bits per heavy atom. The van der Waals surface area contributed by atoms with E-state index in [0.29, 0.717) is 0 Å². The highest BCUT2D eigenvalue weighted by Crippen LogP contribution is 2.21. The van der Waals surface area contributed by atoms with Crippen molar-refractivity contribution in [2.45, 2.75) is 13.5 Å². The molecule has 0 bridgehead atoms. The molecule has 0 radical (unpaired) electrons. The van der Waals surface area contributed by atoms with Crippen LogP contribution in [0.2, 0.25) is 0 Å². The zero-order valence-electron chi connectivity index (χ0n) is 12.6. The first-order valence-corrected chi connectivity index (χ1v) is 7.31. The second-order valence-corrected chi connectivity index (χ2v) is 5.31. The summed E-state index contributed by atoms with van der Waals surface area (Å²) in [6.45, 7) is 1.91. The Kier molecular flexibility index (Phi) is 3.17. The molecule has 0 aliphatic carbocycles. The van der Waals surface area contributed by atoms with Gasteiger partial charge in [-0.1, -0.05) is 6.07 Å². The lowest BCUT2D eigenvalue weighted by Crippen LogP contribution is -2.01. The number of hydrogen-bond acceptors (Lipinski definition) is 4. The van der Waals surface area contributed by atoms with Crippen molar-refractivity contribution in [3.05, 3.63) is 66.5 Å². The van der Waals surface area contributed by atoms with E-state index < -0.39 is 0 Å². The molecule has 114 valence electrons. The standard InChI is InChI=1S/C17H15N5O/c1-12-3-2-4-15(20-12)17-18-7-8-21(17)13-5-6-16-19-9-14(11-23)22(16)10-13/h2-10,23H,11H2,1H3. The normalized spacial score (nSPS) is 11.2. The summed E-state index contributed by atoms with van der Waals surface area (Å²) in [6, 6.07) is 9.77. The van der Waals surface area contributed by atoms with Gasteiger partial charge in [0.05, 0.1) is 24.2 Å². The van der Waals surface area contributed by atoms with Gasteiger partial charge in [-0.05, 0) is 31.2 Å². The average molecular weight is 305 g/mol. The van der Waals surface area contributed by atoms with Gasteiger partial charge in [0, 0.05) is 24.3 Å². The first kappa shape index (κ1) is 13.7. The zero-order chi connectivity index (χ0) is 15.8. The number of fused-ring (bicyclic) bond motifs is 1. The molecule has 1 N–H and O–H groups in total. The van der Waals surface area contributed by atoms with Gasteiger partial charge in [-0.25, -0.2) is 15.0 Å². The summed E-state index contributed by atoms with van der Waals surface area (Å²) >= 11 is 0. The van der Waals surface area contributed by atoms with Crippen molar-refractivity contribution in [2.24, 2.45) is 0 Å². The van der Waals surface area contributed by atoms with E-state index in [2.05, 4.69) is 15.0 Å². The second kappa shape index (κ2) is 5.33. The third-order valence-corrected chi connectivity index (χ3v) is 3.76. The van der Waals surface area contributed by atoms with Gasteiger partial charge in [0.15, 0.2) is 5.82 Å². The lowest BCUT2D eigenvalue weighted by molar-refractivity contribution is 0.276. The van der Waals surface area contributed by atoms with Gasteiger partial charge >= 0.3 is 0 Å². The smallest absolute Gasteiger partial charge is 0.163 e. The molecule has 0 saturated heterocycles. The number of hydrogen-bond donors (Lipinski definition) is 1. The van der Waals surface area contributed by atoms with Gasteiger partial charge in [0.2, 0.25) is 0 Å². The highest BCUT2D eigenvalue weighted by Gasteiger charge is 2.11. The lowest BCUT2D eigenvalue weighted by Gasteiger charge is -2.09. The monoisotopic (exact) mass is 305 g/mol. The molecule has 4 aromatic rings. The third-order valence-electron chi connectivity index (χ3n) is 3.76. The Morgan fingerprint density at radius 3 is 2.87 bits per heavy atom. The van der Waals surface area contributed by atoms with Gasteiger partial charge in [-0.3, -0.25) is 8.97 Å². The summed E-state index contributed by atoms with van der Waals surface area (Å²) in [7, 11) is 0. The van der Waals surface area contributed by atoms with E-state index in [1.165, 1.54) is 0 Å². The van der Waals surface area contributed by atoms with Gasteiger partial charge < -0.3 is 5.11 Å². The van der Waals surface area contributed by atoms with Crippen LogP contribution >= 0.6 is 0 Å². The van der Waals surface area contributed by atoms with Gasteiger partial charge in [-0.2, -0.15) is 0 Å². The Bertz CT molecular complexity index is 985. The Morgan fingerprint density at radius 2 is 2.04 bits per heavy atom. The van der Waals surface area contributed by atoms with E-state index in [0.717, 1.165) is 34.2 Å². The van der Waals surface area contributed by atoms with Crippen molar-refractivity contribution in [2.75, 3.05) is 0 Å². The van der Waals surface area contributed by atoms with Crippen LogP contribution in [0.4, 0.5) is 0 Å². The number of aliphatic hydroxyl groups is 1. The molecule has 4 aromatic heterocycles. The van der Waals surface area contributed by atoms with Crippen molar-refractivity contribution < 1.29 is 5.11 Å². The number of pyridine rings is 2. The fraction of sp³-hybridized carbons (Fsp3) is 0.118. The lowest BCUT2D eigenvalue weighted by atomic mass is 10.3. The Labute approximate surface area is 132 Å². The summed E-state index contributed by atoms with van der Waals surface area (Å²) in [5, 5.41) is 9.42. The van der Waals surface area contributed by atoms with Gasteiger partial charge in [0.1, 0.15) is 11.3 Å². The Hall–Kier alpha value is -2.99. The number of nitrogens with zero attached hydrogens (tertiary/aromatic N) is 5. The van der Waals surface area contributed by atoms with Gasteiger partial charge in [0.25, 0.3) is 0 Å². The van der Waals surface area contributed by atoms with Crippen LogP contribution in [-0.2, 0) is 6.61 Å². The van der Waals surface area contributed by atoms with Gasteiger partial charge in [-0.15, -0.1) is 0 Å². The van der Waals surface area contributed by atoms with E-state index in [-0.39, 0.29) is 6.61 Å². The third kappa shape index (κ3) is 2.29. The summed E-state index contributed by atoms with van der Waals surface area (Å²) in [5.74, 6) is 0.777. The maximum Gasteiger partial charge on any atom is 0.163 e. The molecule has 0 amide bonds. The molecule has 0 spiro atoms. The molecule has 4 rings (SSSR count). The largest absolute Gasteiger partial charge is 0.390 e. The molecular weight excluding hydrogens is 290 g/mol. The molecule has 0 aliphatic rings. The van der Waals surface area contributed by atoms with Crippen molar-refractivity contribution in [3.8, 4) is 17.2 Å². The first-order valence-electron chi connectivity index (χ1n) is 7.31. The van der Waals surface area contributed by atoms with E-state index in [4.69, 9.17) is 0 Å². The molecule has 6 heteroatoms. The SMILES string of the molecule is Cc1cccc(-c2nccn2-c2ccc3ncc(CO)n3c2)n1. The van der Waals surface area contributed by atoms with Crippen molar-refractivity contribution in [1.29, 1.82) is 0 Å². The molecule has 0 fully saturated rings. The highest BCUT2D eigenvalue weighted by atomic mass is 16.3. The molecule has 0 saturated carbocycles. The topological polar surface area (TPSA) is 68.2 Å². The minimum atomic E-state index is -0.0547. The molecule has 0 unspecified atom stereocenters. The van der Waals surface area contributed by atoms with E-state index in [9.17, 15) is 5.11 Å². The fourth-order valence-corrected chi connectivity index (χ4v) is 2.65. The molecule has 0 atom stereocenters. The summed E-state index contributed by atoms with van der Waals surface area (Å²) in [6.07, 6.45) is 7.27. The Balaban J connectivity index is 1.87. The number of imidazole rings is 2. The van der Waals surface area contributed by atoms with Crippen molar-refractivity contribution in [3.63, 3.8) is 0 Å². The number of rotatable bonds is 3. The molecule has 0 aliphatic heterocycles. The molecule has 6 nitrogen and oxygen atoms in total. The number of aromatic nitrogens is 5. The molecule has 4 heterocycles. The number of aryl methyl sites for hydroxylation is 1. The first-order chi connectivity index (χ1) is 11.3. The quantitative estimate of drug-likeness (QED) is 0.631. The molecule has 0 aromatic carbocycles. The van der Waals surface area contributed by atoms with Crippen LogP contribution in [0.1, 0.15) is 11.4 Å².